The number of benzene rings is 2. The molecule has 0 saturated heterocycles. The normalized spacial score (nSPS) is 11.2. The first-order valence-electron chi connectivity index (χ1n) is 7.10. The molecule has 0 spiro atoms. The van der Waals surface area contributed by atoms with Crippen molar-refractivity contribution in [2.45, 2.75) is 0 Å². The van der Waals surface area contributed by atoms with Crippen LogP contribution in [0.2, 0.25) is 0 Å². The van der Waals surface area contributed by atoms with Gasteiger partial charge in [-0.15, -0.1) is 11.3 Å². The van der Waals surface area contributed by atoms with Gasteiger partial charge in [-0.1, -0.05) is 0 Å². The van der Waals surface area contributed by atoms with Gasteiger partial charge in [0.25, 0.3) is 0 Å². The summed E-state index contributed by atoms with van der Waals surface area (Å²) in [5.74, 6) is -2.27. The fraction of sp³-hybridized carbons (Fsp3) is 0. The summed E-state index contributed by atoms with van der Waals surface area (Å²) >= 11 is 1.25. The summed E-state index contributed by atoms with van der Waals surface area (Å²) in [6, 6.07) is 11.2. The molecule has 1 N–H and O–H groups in total. The van der Waals surface area contributed by atoms with Crippen molar-refractivity contribution in [2.24, 2.45) is 0 Å². The van der Waals surface area contributed by atoms with E-state index in [-0.39, 0.29) is 11.4 Å². The highest BCUT2D eigenvalue weighted by atomic mass is 32.1. The maximum absolute atomic E-state index is 13.2. The lowest BCUT2D eigenvalue weighted by molar-refractivity contribution is 0.509. The van der Waals surface area contributed by atoms with E-state index in [2.05, 4.69) is 10.3 Å². The summed E-state index contributed by atoms with van der Waals surface area (Å²) in [4.78, 5) is 4.36. The molecule has 3 nitrogen and oxygen atoms in total. The molecule has 2 aromatic carbocycles. The molecule has 0 amide bonds. The maximum atomic E-state index is 13.2. The predicted molar refractivity (Wildman–Crippen MR) is 91.1 cm³/mol. The van der Waals surface area contributed by atoms with Gasteiger partial charge in [-0.3, -0.25) is 0 Å². The molecule has 0 aliphatic rings. The van der Waals surface area contributed by atoms with E-state index in [1.54, 1.807) is 17.5 Å². The van der Waals surface area contributed by atoms with E-state index in [1.165, 1.54) is 35.7 Å². The number of nitriles is 1. The van der Waals surface area contributed by atoms with Crippen molar-refractivity contribution in [2.75, 3.05) is 5.32 Å². The lowest BCUT2D eigenvalue weighted by Crippen LogP contribution is -1.93. The van der Waals surface area contributed by atoms with Gasteiger partial charge in [-0.25, -0.2) is 18.2 Å². The van der Waals surface area contributed by atoms with Crippen LogP contribution in [0.15, 0.2) is 54.0 Å². The summed E-state index contributed by atoms with van der Waals surface area (Å²) in [5, 5.41) is 14.3. The van der Waals surface area contributed by atoms with Crippen molar-refractivity contribution in [3.8, 4) is 17.3 Å². The Morgan fingerprint density at radius 2 is 1.84 bits per heavy atom. The van der Waals surface area contributed by atoms with E-state index in [4.69, 9.17) is 0 Å². The number of allylic oxidation sites excluding steroid dienone is 1. The fourth-order valence-electron chi connectivity index (χ4n) is 2.03. The van der Waals surface area contributed by atoms with Gasteiger partial charge in [0.1, 0.15) is 22.5 Å². The van der Waals surface area contributed by atoms with E-state index in [1.807, 2.05) is 6.07 Å². The number of aromatic nitrogens is 1. The Balaban J connectivity index is 1.82. The molecule has 0 saturated carbocycles. The zero-order valence-electron chi connectivity index (χ0n) is 12.6. The van der Waals surface area contributed by atoms with Gasteiger partial charge in [0.2, 0.25) is 0 Å². The minimum atomic E-state index is -0.982. The molecule has 3 aromatic rings. The molecule has 0 aliphatic heterocycles. The zero-order valence-corrected chi connectivity index (χ0v) is 13.4. The Kier molecular flexibility index (Phi) is 4.82. The third-order valence-electron chi connectivity index (χ3n) is 3.30. The lowest BCUT2D eigenvalue weighted by atomic mass is 10.2. The molecule has 0 fully saturated rings. The van der Waals surface area contributed by atoms with Crippen molar-refractivity contribution in [1.29, 1.82) is 5.26 Å². The fourth-order valence-corrected chi connectivity index (χ4v) is 2.83. The van der Waals surface area contributed by atoms with Gasteiger partial charge in [-0.05, 0) is 36.4 Å². The Bertz CT molecular complexity index is 972. The number of rotatable bonds is 4. The first kappa shape index (κ1) is 16.7. The highest BCUT2D eigenvalue weighted by Crippen LogP contribution is 2.26. The molecule has 25 heavy (non-hydrogen) atoms. The van der Waals surface area contributed by atoms with Crippen LogP contribution in [0.5, 0.6) is 0 Å². The Morgan fingerprint density at radius 1 is 1.08 bits per heavy atom. The molecule has 0 bridgehead atoms. The number of anilines is 1. The van der Waals surface area contributed by atoms with Gasteiger partial charge in [0.05, 0.1) is 5.69 Å². The van der Waals surface area contributed by atoms with E-state index in [0.29, 0.717) is 16.4 Å². The van der Waals surface area contributed by atoms with E-state index in [0.717, 1.165) is 17.7 Å². The minimum Gasteiger partial charge on any atom is -0.360 e. The van der Waals surface area contributed by atoms with Crippen molar-refractivity contribution in [1.82, 2.24) is 4.98 Å². The smallest absolute Gasteiger partial charge is 0.160 e. The predicted octanol–water partition coefficient (Wildman–Crippen LogP) is 5.20. The van der Waals surface area contributed by atoms with Crippen LogP contribution in [0.4, 0.5) is 18.9 Å². The zero-order chi connectivity index (χ0) is 17.8. The van der Waals surface area contributed by atoms with Crippen LogP contribution < -0.4 is 5.32 Å². The standard InChI is InChI=1S/C18H10F3N3S/c19-13-3-1-11(2-4-13)17-10-25-18(24-17)12(8-22)9-23-14-5-6-15(20)16(21)7-14/h1-7,9-10,23H/b12-9-. The van der Waals surface area contributed by atoms with Crippen LogP contribution in [-0.4, -0.2) is 4.98 Å². The summed E-state index contributed by atoms with van der Waals surface area (Å²) in [6.07, 6.45) is 1.37. The summed E-state index contributed by atoms with van der Waals surface area (Å²) in [5.41, 5.74) is 1.90. The molecule has 0 unspecified atom stereocenters. The second-order valence-electron chi connectivity index (χ2n) is 4.99. The number of hydrogen-bond donors (Lipinski definition) is 1. The third-order valence-corrected chi connectivity index (χ3v) is 4.17. The second-order valence-corrected chi connectivity index (χ2v) is 5.85. The molecule has 1 aromatic heterocycles. The minimum absolute atomic E-state index is 0.239. The summed E-state index contributed by atoms with van der Waals surface area (Å²) < 4.78 is 39.1. The van der Waals surface area contributed by atoms with Crippen molar-refractivity contribution in [3.05, 3.63) is 76.5 Å². The average Bonchev–Trinajstić information content (AvgIpc) is 3.09. The van der Waals surface area contributed by atoms with Crippen molar-refractivity contribution < 1.29 is 13.2 Å². The Hall–Kier alpha value is -3.11. The number of nitrogens with zero attached hydrogens (tertiary/aromatic N) is 2. The Morgan fingerprint density at radius 3 is 2.52 bits per heavy atom. The summed E-state index contributed by atoms with van der Waals surface area (Å²) in [7, 11) is 0. The van der Waals surface area contributed by atoms with E-state index in [9.17, 15) is 18.4 Å². The number of halogens is 3. The topological polar surface area (TPSA) is 48.7 Å². The first-order chi connectivity index (χ1) is 12.1. The van der Waals surface area contributed by atoms with Crippen LogP contribution in [0.25, 0.3) is 16.8 Å². The lowest BCUT2D eigenvalue weighted by Gasteiger charge is -2.02. The quantitative estimate of drug-likeness (QED) is 0.653. The molecule has 3 rings (SSSR count). The van der Waals surface area contributed by atoms with Crippen molar-refractivity contribution >= 4 is 22.6 Å². The number of hydrogen-bond acceptors (Lipinski definition) is 4. The Labute approximate surface area is 145 Å². The highest BCUT2D eigenvalue weighted by Gasteiger charge is 2.09. The van der Waals surface area contributed by atoms with Gasteiger partial charge in [-0.2, -0.15) is 5.26 Å². The third kappa shape index (κ3) is 3.87. The first-order valence-corrected chi connectivity index (χ1v) is 7.98. The van der Waals surface area contributed by atoms with E-state index < -0.39 is 11.6 Å². The second kappa shape index (κ2) is 7.20. The molecule has 124 valence electrons. The van der Waals surface area contributed by atoms with Gasteiger partial charge < -0.3 is 5.32 Å². The van der Waals surface area contributed by atoms with E-state index >= 15 is 0 Å². The number of thiazole rings is 1. The molecule has 1 heterocycles. The van der Waals surface area contributed by atoms with Crippen LogP contribution in [0.3, 0.4) is 0 Å². The molecule has 0 radical (unpaired) electrons. The number of nitrogens with one attached hydrogen (secondary N) is 1. The average molecular weight is 357 g/mol. The monoisotopic (exact) mass is 357 g/mol. The highest BCUT2D eigenvalue weighted by molar-refractivity contribution is 7.11. The van der Waals surface area contributed by atoms with Crippen LogP contribution in [0, 0.1) is 28.8 Å². The van der Waals surface area contributed by atoms with Gasteiger partial charge in [0.15, 0.2) is 11.6 Å². The SMILES string of the molecule is N#C/C(=C/Nc1ccc(F)c(F)c1)c1nc(-c2ccc(F)cc2)cs1. The molecular formula is C18H10F3N3S. The molecular weight excluding hydrogens is 347 g/mol. The largest absolute Gasteiger partial charge is 0.360 e. The van der Waals surface area contributed by atoms with Gasteiger partial charge >= 0.3 is 0 Å². The molecule has 0 atom stereocenters. The van der Waals surface area contributed by atoms with Crippen molar-refractivity contribution in [3.63, 3.8) is 0 Å². The van der Waals surface area contributed by atoms with Crippen LogP contribution >= 0.6 is 11.3 Å². The maximum Gasteiger partial charge on any atom is 0.160 e. The molecule has 7 heteroatoms. The summed E-state index contributed by atoms with van der Waals surface area (Å²) in [6.45, 7) is 0. The van der Waals surface area contributed by atoms with Crippen LogP contribution in [-0.2, 0) is 0 Å². The van der Waals surface area contributed by atoms with Crippen LogP contribution in [0.1, 0.15) is 5.01 Å². The molecule has 0 aliphatic carbocycles. The van der Waals surface area contributed by atoms with Gasteiger partial charge in [0, 0.05) is 28.9 Å².